The molecule has 120 valence electrons. The van der Waals surface area contributed by atoms with Crippen molar-refractivity contribution in [2.45, 2.75) is 44.4 Å². The zero-order chi connectivity index (χ0) is 16.4. The lowest BCUT2D eigenvalue weighted by molar-refractivity contribution is -0.138. The molecule has 0 unspecified atom stereocenters. The molecule has 0 aliphatic carbocycles. The second kappa shape index (κ2) is 6.33. The van der Waals surface area contributed by atoms with Gasteiger partial charge in [0.05, 0.1) is 4.90 Å². The molecule has 1 aromatic rings. The first-order valence-electron chi connectivity index (χ1n) is 6.37. The first kappa shape index (κ1) is 17.9. The standard InChI is InChI=1S/C13H19F3N2O2S/c1-9(2)18(8-13(14,15)16)21(19,20)12-5-4-11(7-17)6-10(12)3/h4-6,9H,7-8,17H2,1-3H3. The molecule has 0 spiro atoms. The van der Waals surface area contributed by atoms with E-state index < -0.39 is 28.8 Å². The van der Waals surface area contributed by atoms with Crippen LogP contribution in [0.2, 0.25) is 0 Å². The van der Waals surface area contributed by atoms with Crippen LogP contribution < -0.4 is 5.73 Å². The van der Waals surface area contributed by atoms with E-state index in [1.54, 1.807) is 6.07 Å². The van der Waals surface area contributed by atoms with Gasteiger partial charge in [-0.1, -0.05) is 12.1 Å². The van der Waals surface area contributed by atoms with Crippen LogP contribution in [0.25, 0.3) is 0 Å². The summed E-state index contributed by atoms with van der Waals surface area (Å²) >= 11 is 0. The van der Waals surface area contributed by atoms with Gasteiger partial charge in [-0.3, -0.25) is 0 Å². The average molecular weight is 324 g/mol. The maximum atomic E-state index is 12.6. The number of nitrogens with two attached hydrogens (primary N) is 1. The molecule has 0 saturated heterocycles. The summed E-state index contributed by atoms with van der Waals surface area (Å²) in [4.78, 5) is -0.127. The minimum atomic E-state index is -4.59. The van der Waals surface area contributed by atoms with Crippen molar-refractivity contribution in [1.82, 2.24) is 4.31 Å². The molecule has 0 fully saturated rings. The van der Waals surface area contributed by atoms with Crippen LogP contribution in [0.3, 0.4) is 0 Å². The molecule has 0 amide bonds. The molecule has 8 heteroatoms. The summed E-state index contributed by atoms with van der Waals surface area (Å²) in [5.41, 5.74) is 6.56. The number of halogens is 3. The van der Waals surface area contributed by atoms with E-state index in [1.165, 1.54) is 32.9 Å². The second-order valence-corrected chi connectivity index (χ2v) is 6.92. The SMILES string of the molecule is Cc1cc(CN)ccc1S(=O)(=O)N(CC(F)(F)F)C(C)C. The Balaban J connectivity index is 3.30. The Labute approximate surface area is 122 Å². The largest absolute Gasteiger partial charge is 0.402 e. The van der Waals surface area contributed by atoms with Crippen molar-refractivity contribution in [3.8, 4) is 0 Å². The highest BCUT2D eigenvalue weighted by Crippen LogP contribution is 2.26. The van der Waals surface area contributed by atoms with E-state index in [9.17, 15) is 21.6 Å². The molecule has 0 heterocycles. The highest BCUT2D eigenvalue weighted by Gasteiger charge is 2.38. The number of aryl methyl sites for hydroxylation is 1. The van der Waals surface area contributed by atoms with Gasteiger partial charge >= 0.3 is 6.18 Å². The average Bonchev–Trinajstić information content (AvgIpc) is 2.33. The molecular weight excluding hydrogens is 305 g/mol. The number of hydrogen-bond acceptors (Lipinski definition) is 3. The zero-order valence-electron chi connectivity index (χ0n) is 12.1. The first-order valence-corrected chi connectivity index (χ1v) is 7.81. The van der Waals surface area contributed by atoms with Crippen molar-refractivity contribution in [3.63, 3.8) is 0 Å². The van der Waals surface area contributed by atoms with Crippen molar-refractivity contribution in [1.29, 1.82) is 0 Å². The van der Waals surface area contributed by atoms with Gasteiger partial charge < -0.3 is 5.73 Å². The van der Waals surface area contributed by atoms with Crippen molar-refractivity contribution >= 4 is 10.0 Å². The van der Waals surface area contributed by atoms with Crippen LogP contribution in [0.15, 0.2) is 23.1 Å². The Morgan fingerprint density at radius 3 is 2.24 bits per heavy atom. The van der Waals surface area contributed by atoms with Crippen LogP contribution in [0.1, 0.15) is 25.0 Å². The third kappa shape index (κ3) is 4.42. The van der Waals surface area contributed by atoms with Gasteiger partial charge in [-0.25, -0.2) is 8.42 Å². The zero-order valence-corrected chi connectivity index (χ0v) is 12.9. The lowest BCUT2D eigenvalue weighted by Crippen LogP contribution is -2.43. The minimum absolute atomic E-state index is 0.127. The van der Waals surface area contributed by atoms with Gasteiger partial charge in [0, 0.05) is 12.6 Å². The highest BCUT2D eigenvalue weighted by molar-refractivity contribution is 7.89. The van der Waals surface area contributed by atoms with Crippen LogP contribution in [0.4, 0.5) is 13.2 Å². The molecule has 0 saturated carbocycles. The van der Waals surface area contributed by atoms with E-state index in [4.69, 9.17) is 5.73 Å². The molecule has 2 N–H and O–H groups in total. The molecule has 1 rings (SSSR count). The summed E-state index contributed by atoms with van der Waals surface area (Å²) in [6.07, 6.45) is -4.59. The Kier molecular flexibility index (Phi) is 5.40. The summed E-state index contributed by atoms with van der Waals surface area (Å²) in [6, 6.07) is 3.58. The van der Waals surface area contributed by atoms with E-state index in [1.807, 2.05) is 0 Å². The van der Waals surface area contributed by atoms with Gasteiger partial charge in [0.2, 0.25) is 10.0 Å². The minimum Gasteiger partial charge on any atom is -0.326 e. The summed E-state index contributed by atoms with van der Waals surface area (Å²) < 4.78 is 63.2. The third-order valence-corrected chi connectivity index (χ3v) is 5.15. The molecule has 0 aromatic heterocycles. The summed E-state index contributed by atoms with van der Waals surface area (Å²) in [5, 5.41) is 0. The third-order valence-electron chi connectivity index (χ3n) is 2.97. The second-order valence-electron chi connectivity index (χ2n) is 5.06. The molecule has 0 bridgehead atoms. The quantitative estimate of drug-likeness (QED) is 0.905. The van der Waals surface area contributed by atoms with E-state index in [0.29, 0.717) is 9.87 Å². The van der Waals surface area contributed by atoms with Gasteiger partial charge in [-0.05, 0) is 38.0 Å². The van der Waals surface area contributed by atoms with E-state index >= 15 is 0 Å². The van der Waals surface area contributed by atoms with Crippen molar-refractivity contribution in [2.24, 2.45) is 5.73 Å². The molecule has 0 radical (unpaired) electrons. The number of sulfonamides is 1. The van der Waals surface area contributed by atoms with Crippen LogP contribution in [0.5, 0.6) is 0 Å². The summed E-state index contributed by atoms with van der Waals surface area (Å²) in [5.74, 6) is 0. The fourth-order valence-electron chi connectivity index (χ4n) is 1.98. The maximum Gasteiger partial charge on any atom is 0.402 e. The summed E-state index contributed by atoms with van der Waals surface area (Å²) in [7, 11) is -4.22. The first-order chi connectivity index (χ1) is 9.49. The lowest BCUT2D eigenvalue weighted by atomic mass is 10.1. The predicted molar refractivity (Wildman–Crippen MR) is 74.2 cm³/mol. The fraction of sp³-hybridized carbons (Fsp3) is 0.538. The van der Waals surface area contributed by atoms with E-state index in [2.05, 4.69) is 0 Å². The molecule has 21 heavy (non-hydrogen) atoms. The molecule has 4 nitrogen and oxygen atoms in total. The van der Waals surface area contributed by atoms with Gasteiger partial charge in [0.25, 0.3) is 0 Å². The van der Waals surface area contributed by atoms with Crippen LogP contribution in [-0.4, -0.2) is 31.5 Å². The number of alkyl halides is 3. The Morgan fingerprint density at radius 2 is 1.86 bits per heavy atom. The molecule has 1 aromatic carbocycles. The van der Waals surface area contributed by atoms with E-state index in [-0.39, 0.29) is 11.4 Å². The topological polar surface area (TPSA) is 63.4 Å². The van der Waals surface area contributed by atoms with Crippen molar-refractivity contribution in [2.75, 3.05) is 6.54 Å². The van der Waals surface area contributed by atoms with Crippen LogP contribution >= 0.6 is 0 Å². The van der Waals surface area contributed by atoms with Gasteiger partial charge in [-0.2, -0.15) is 17.5 Å². The number of benzene rings is 1. The Bertz CT molecular complexity index is 598. The van der Waals surface area contributed by atoms with Crippen molar-refractivity contribution < 1.29 is 21.6 Å². The predicted octanol–water partition coefficient (Wildman–Crippen LogP) is 2.42. The number of hydrogen-bond donors (Lipinski definition) is 1. The van der Waals surface area contributed by atoms with Gasteiger partial charge in [-0.15, -0.1) is 0 Å². The van der Waals surface area contributed by atoms with Crippen molar-refractivity contribution in [3.05, 3.63) is 29.3 Å². The van der Waals surface area contributed by atoms with Gasteiger partial charge in [0.15, 0.2) is 0 Å². The van der Waals surface area contributed by atoms with E-state index in [0.717, 1.165) is 5.56 Å². The maximum absolute atomic E-state index is 12.6. The lowest BCUT2D eigenvalue weighted by Gasteiger charge is -2.27. The Morgan fingerprint density at radius 1 is 1.29 bits per heavy atom. The normalized spacial score (nSPS) is 13.2. The number of nitrogens with zero attached hydrogens (tertiary/aromatic N) is 1. The summed E-state index contributed by atoms with van der Waals surface area (Å²) in [6.45, 7) is 3.08. The molecule has 0 atom stereocenters. The molecule has 0 aliphatic rings. The molecule has 0 aliphatic heterocycles. The monoisotopic (exact) mass is 324 g/mol. The fourth-order valence-corrected chi connectivity index (χ4v) is 3.81. The van der Waals surface area contributed by atoms with Crippen LogP contribution in [0, 0.1) is 6.92 Å². The van der Waals surface area contributed by atoms with Crippen LogP contribution in [-0.2, 0) is 16.6 Å². The van der Waals surface area contributed by atoms with Gasteiger partial charge in [0.1, 0.15) is 6.54 Å². The Hall–Kier alpha value is -1.12. The highest BCUT2D eigenvalue weighted by atomic mass is 32.2. The smallest absolute Gasteiger partial charge is 0.326 e. The molecular formula is C13H19F3N2O2S. The number of rotatable bonds is 5.